The fourth-order valence-corrected chi connectivity index (χ4v) is 3.12. The van der Waals surface area contributed by atoms with Gasteiger partial charge in [0.2, 0.25) is 0 Å². The van der Waals surface area contributed by atoms with E-state index >= 15 is 0 Å². The molecule has 1 aliphatic heterocycles. The van der Waals surface area contributed by atoms with Gasteiger partial charge in [-0.25, -0.2) is 4.98 Å². The third-order valence-electron chi connectivity index (χ3n) is 3.72. The minimum Gasteiger partial charge on any atom is -0.497 e. The van der Waals surface area contributed by atoms with E-state index in [0.29, 0.717) is 10.9 Å². The molecule has 1 aliphatic rings. The van der Waals surface area contributed by atoms with Crippen LogP contribution in [0.1, 0.15) is 5.69 Å². The molecule has 134 valence electrons. The zero-order valence-corrected chi connectivity index (χ0v) is 14.9. The van der Waals surface area contributed by atoms with Crippen LogP contribution in [-0.4, -0.2) is 55.8 Å². The quantitative estimate of drug-likeness (QED) is 0.811. The molecule has 3 rings (SSSR count). The Bertz CT molecular complexity index is 683. The second kappa shape index (κ2) is 8.80. The van der Waals surface area contributed by atoms with Crippen molar-refractivity contribution in [2.75, 3.05) is 45.3 Å². The van der Waals surface area contributed by atoms with E-state index in [2.05, 4.69) is 15.2 Å². The van der Waals surface area contributed by atoms with Gasteiger partial charge in [0.1, 0.15) is 11.5 Å². The molecule has 1 amide bonds. The summed E-state index contributed by atoms with van der Waals surface area (Å²) in [7, 11) is 1.60. The second-order valence-electron chi connectivity index (χ2n) is 5.54. The normalized spacial score (nSPS) is 14.9. The molecule has 2 aromatic rings. The predicted molar refractivity (Wildman–Crippen MR) is 95.3 cm³/mol. The molecule has 1 saturated heterocycles. The van der Waals surface area contributed by atoms with E-state index in [9.17, 15) is 4.79 Å². The lowest BCUT2D eigenvalue weighted by atomic mass is 10.3. The largest absolute Gasteiger partial charge is 0.497 e. The van der Waals surface area contributed by atoms with Gasteiger partial charge in [0, 0.05) is 25.0 Å². The number of hydrogen-bond donors (Lipinski definition) is 1. The zero-order chi connectivity index (χ0) is 17.5. The average Bonchev–Trinajstić information content (AvgIpc) is 3.08. The van der Waals surface area contributed by atoms with Crippen molar-refractivity contribution < 1.29 is 19.0 Å². The zero-order valence-electron chi connectivity index (χ0n) is 14.1. The van der Waals surface area contributed by atoms with Gasteiger partial charge in [-0.2, -0.15) is 0 Å². The maximum Gasteiger partial charge on any atom is 0.264 e. The highest BCUT2D eigenvalue weighted by Crippen LogP contribution is 2.19. The second-order valence-corrected chi connectivity index (χ2v) is 6.40. The Labute approximate surface area is 150 Å². The van der Waals surface area contributed by atoms with Gasteiger partial charge < -0.3 is 14.2 Å². The molecule has 1 aromatic carbocycles. The molecule has 1 aromatic heterocycles. The summed E-state index contributed by atoms with van der Waals surface area (Å²) in [6.45, 7) is 4.06. The van der Waals surface area contributed by atoms with Crippen LogP contribution < -0.4 is 14.8 Å². The number of anilines is 1. The maximum absolute atomic E-state index is 12.0. The lowest BCUT2D eigenvalue weighted by molar-refractivity contribution is -0.118. The van der Waals surface area contributed by atoms with E-state index in [1.165, 1.54) is 11.3 Å². The average molecular weight is 363 g/mol. The molecule has 1 N–H and O–H groups in total. The third-order valence-corrected chi connectivity index (χ3v) is 4.52. The van der Waals surface area contributed by atoms with Crippen molar-refractivity contribution in [2.24, 2.45) is 0 Å². The van der Waals surface area contributed by atoms with E-state index < -0.39 is 0 Å². The van der Waals surface area contributed by atoms with Gasteiger partial charge in [0.25, 0.3) is 5.91 Å². The number of amides is 1. The molecular weight excluding hydrogens is 342 g/mol. The van der Waals surface area contributed by atoms with Crippen LogP contribution in [0.2, 0.25) is 0 Å². The van der Waals surface area contributed by atoms with Gasteiger partial charge >= 0.3 is 0 Å². The van der Waals surface area contributed by atoms with E-state index in [0.717, 1.165) is 44.3 Å². The van der Waals surface area contributed by atoms with Crippen molar-refractivity contribution in [3.05, 3.63) is 35.3 Å². The van der Waals surface area contributed by atoms with Crippen molar-refractivity contribution >= 4 is 22.4 Å². The van der Waals surface area contributed by atoms with Crippen LogP contribution in [0, 0.1) is 0 Å². The summed E-state index contributed by atoms with van der Waals surface area (Å²) in [5.74, 6) is 1.12. The number of nitrogens with zero attached hydrogens (tertiary/aromatic N) is 2. The number of morpholine rings is 1. The number of thiazole rings is 1. The Balaban J connectivity index is 1.44. The Morgan fingerprint density at radius 1 is 1.28 bits per heavy atom. The number of methoxy groups -OCH3 is 1. The highest BCUT2D eigenvalue weighted by Gasteiger charge is 2.13. The topological polar surface area (TPSA) is 72.9 Å². The van der Waals surface area contributed by atoms with E-state index in [1.807, 2.05) is 5.38 Å². The predicted octanol–water partition coefficient (Wildman–Crippen LogP) is 2.00. The number of hydrogen-bond acceptors (Lipinski definition) is 7. The van der Waals surface area contributed by atoms with Crippen molar-refractivity contribution in [3.8, 4) is 11.5 Å². The lowest BCUT2D eigenvalue weighted by Crippen LogP contribution is -2.35. The molecule has 0 aliphatic carbocycles. The number of ether oxygens (including phenoxy) is 3. The summed E-state index contributed by atoms with van der Waals surface area (Å²) in [4.78, 5) is 18.7. The number of carbonyl (C=O) groups excluding carboxylic acids is 1. The first-order chi connectivity index (χ1) is 12.2. The first-order valence-corrected chi connectivity index (χ1v) is 8.92. The third kappa shape index (κ3) is 5.42. The molecule has 0 spiro atoms. The Kier molecular flexibility index (Phi) is 6.21. The standard InChI is InChI=1S/C17H21N3O4S/c1-22-14-2-4-15(5-3-14)24-11-16(21)19-17-18-13(12-25-17)10-20-6-8-23-9-7-20/h2-5,12H,6-11H2,1H3,(H,18,19,21). The van der Waals surface area contributed by atoms with E-state index in [4.69, 9.17) is 14.2 Å². The molecule has 0 radical (unpaired) electrons. The van der Waals surface area contributed by atoms with Crippen LogP contribution in [0.5, 0.6) is 11.5 Å². The summed E-state index contributed by atoms with van der Waals surface area (Å²) in [6.07, 6.45) is 0. The number of rotatable bonds is 7. The van der Waals surface area contributed by atoms with E-state index in [1.54, 1.807) is 31.4 Å². The highest BCUT2D eigenvalue weighted by molar-refractivity contribution is 7.13. The van der Waals surface area contributed by atoms with Gasteiger partial charge in [-0.1, -0.05) is 0 Å². The van der Waals surface area contributed by atoms with Crippen LogP contribution in [0.4, 0.5) is 5.13 Å². The van der Waals surface area contributed by atoms with Crippen LogP contribution in [-0.2, 0) is 16.1 Å². The number of aromatic nitrogens is 1. The van der Waals surface area contributed by atoms with Gasteiger partial charge in [-0.3, -0.25) is 15.0 Å². The summed E-state index contributed by atoms with van der Waals surface area (Å²) in [5.41, 5.74) is 0.957. The van der Waals surface area contributed by atoms with Gasteiger partial charge in [0.05, 0.1) is 26.0 Å². The molecule has 0 unspecified atom stereocenters. The molecule has 2 heterocycles. The van der Waals surface area contributed by atoms with Crippen LogP contribution >= 0.6 is 11.3 Å². The van der Waals surface area contributed by atoms with Crippen molar-refractivity contribution in [1.29, 1.82) is 0 Å². The monoisotopic (exact) mass is 363 g/mol. The maximum atomic E-state index is 12.0. The summed E-state index contributed by atoms with van der Waals surface area (Å²) < 4.78 is 15.9. The minimum atomic E-state index is -0.233. The van der Waals surface area contributed by atoms with Crippen LogP contribution in [0.15, 0.2) is 29.6 Å². The smallest absolute Gasteiger partial charge is 0.264 e. The summed E-state index contributed by atoms with van der Waals surface area (Å²) in [5, 5.41) is 5.33. The molecular formula is C17H21N3O4S. The highest BCUT2D eigenvalue weighted by atomic mass is 32.1. The fourth-order valence-electron chi connectivity index (χ4n) is 2.40. The lowest BCUT2D eigenvalue weighted by Gasteiger charge is -2.25. The SMILES string of the molecule is COc1ccc(OCC(=O)Nc2nc(CN3CCOCC3)cs2)cc1. The fraction of sp³-hybridized carbons (Fsp3) is 0.412. The Morgan fingerprint density at radius 2 is 2.00 bits per heavy atom. The number of benzene rings is 1. The Morgan fingerprint density at radius 3 is 2.72 bits per heavy atom. The van der Waals surface area contributed by atoms with Crippen molar-refractivity contribution in [1.82, 2.24) is 9.88 Å². The first kappa shape index (κ1) is 17.7. The van der Waals surface area contributed by atoms with Gasteiger partial charge in [0.15, 0.2) is 11.7 Å². The summed E-state index contributed by atoms with van der Waals surface area (Å²) in [6, 6.07) is 7.09. The first-order valence-electron chi connectivity index (χ1n) is 8.04. The van der Waals surface area contributed by atoms with E-state index in [-0.39, 0.29) is 12.5 Å². The molecule has 0 atom stereocenters. The van der Waals surface area contributed by atoms with Gasteiger partial charge in [-0.05, 0) is 24.3 Å². The molecule has 7 nitrogen and oxygen atoms in total. The Hall–Kier alpha value is -2.16. The molecule has 25 heavy (non-hydrogen) atoms. The molecule has 1 fully saturated rings. The van der Waals surface area contributed by atoms with Gasteiger partial charge in [-0.15, -0.1) is 11.3 Å². The number of nitrogens with one attached hydrogen (secondary N) is 1. The van der Waals surface area contributed by atoms with Crippen molar-refractivity contribution in [3.63, 3.8) is 0 Å². The van der Waals surface area contributed by atoms with Crippen LogP contribution in [0.25, 0.3) is 0 Å². The summed E-state index contributed by atoms with van der Waals surface area (Å²) >= 11 is 1.42. The molecule has 0 bridgehead atoms. The molecule has 0 saturated carbocycles. The minimum absolute atomic E-state index is 0.0648. The van der Waals surface area contributed by atoms with Crippen molar-refractivity contribution in [2.45, 2.75) is 6.54 Å². The van der Waals surface area contributed by atoms with Crippen LogP contribution in [0.3, 0.4) is 0 Å². The molecule has 8 heteroatoms. The number of carbonyl (C=O) groups is 1.